The highest BCUT2D eigenvalue weighted by atomic mass is 16.2. The molecule has 1 atom stereocenters. The van der Waals surface area contributed by atoms with Crippen molar-refractivity contribution in [3.05, 3.63) is 107 Å². The van der Waals surface area contributed by atoms with Gasteiger partial charge in [0.1, 0.15) is 6.04 Å². The Labute approximate surface area is 234 Å². The summed E-state index contributed by atoms with van der Waals surface area (Å²) < 4.78 is 0. The van der Waals surface area contributed by atoms with Crippen molar-refractivity contribution in [1.82, 2.24) is 15.1 Å². The molecule has 8 N–H and O–H groups in total. The molecule has 3 rings (SSSR count). The van der Waals surface area contributed by atoms with Crippen molar-refractivity contribution < 1.29 is 14.4 Å². The van der Waals surface area contributed by atoms with Gasteiger partial charge in [0, 0.05) is 26.7 Å². The van der Waals surface area contributed by atoms with E-state index in [2.05, 4.69) is 5.32 Å². The normalized spacial score (nSPS) is 11.4. The van der Waals surface area contributed by atoms with Crippen molar-refractivity contribution in [2.24, 2.45) is 17.2 Å². The first-order valence-corrected chi connectivity index (χ1v) is 13.0. The second kappa shape index (κ2) is 14.3. The molecule has 0 saturated carbocycles. The van der Waals surface area contributed by atoms with Crippen LogP contribution in [0.2, 0.25) is 0 Å². The summed E-state index contributed by atoms with van der Waals surface area (Å²) in [5.41, 5.74) is 19.9. The second-order valence-corrected chi connectivity index (χ2v) is 9.62. The quantitative estimate of drug-likeness (QED) is 0.164. The molecule has 3 aromatic carbocycles. The summed E-state index contributed by atoms with van der Waals surface area (Å²) in [6.45, 7) is 0.855. The van der Waals surface area contributed by atoms with Crippen LogP contribution in [0.15, 0.2) is 84.9 Å². The molecule has 40 heavy (non-hydrogen) atoms. The lowest BCUT2D eigenvalue weighted by molar-refractivity contribution is -0.141. The average molecular weight is 544 g/mol. The Balaban J connectivity index is 1.98. The molecule has 210 valence electrons. The minimum atomic E-state index is -0.890. The van der Waals surface area contributed by atoms with Crippen LogP contribution in [0, 0.1) is 5.41 Å². The standard InChI is InChI=1S/C30H37N7O3/c1-36(29(32)33)18-8-13-25(27(31)38)37(20-22-16-14-21(15-17-22)19-35-30(34)40)28(39)26(23-9-4-2-5-10-23)24-11-6-3-7-12-24/h2-7,9-12,14-17,25-26H,8,13,18-20H2,1H3,(H2,31,38)(H3,32,33)(H3,34,35,40)/t25-/m1/s1. The highest BCUT2D eigenvalue weighted by molar-refractivity contribution is 5.92. The van der Waals surface area contributed by atoms with Gasteiger partial charge >= 0.3 is 6.03 Å². The zero-order valence-electron chi connectivity index (χ0n) is 22.6. The van der Waals surface area contributed by atoms with Gasteiger partial charge in [-0.2, -0.15) is 0 Å². The zero-order chi connectivity index (χ0) is 29.1. The molecule has 0 aliphatic carbocycles. The van der Waals surface area contributed by atoms with Crippen LogP contribution in [-0.4, -0.2) is 53.2 Å². The molecule has 4 amide bonds. The monoisotopic (exact) mass is 543 g/mol. The van der Waals surface area contributed by atoms with E-state index in [-0.39, 0.29) is 25.0 Å². The van der Waals surface area contributed by atoms with E-state index in [1.807, 2.05) is 84.9 Å². The third-order valence-electron chi connectivity index (χ3n) is 6.73. The number of guanidine groups is 1. The molecular formula is C30H37N7O3. The Morgan fingerprint density at radius 2 is 1.35 bits per heavy atom. The molecular weight excluding hydrogens is 506 g/mol. The van der Waals surface area contributed by atoms with Crippen molar-refractivity contribution in [3.63, 3.8) is 0 Å². The van der Waals surface area contributed by atoms with E-state index in [1.54, 1.807) is 16.8 Å². The largest absolute Gasteiger partial charge is 0.370 e. The van der Waals surface area contributed by atoms with Crippen molar-refractivity contribution in [2.45, 2.75) is 37.9 Å². The predicted octanol–water partition coefficient (Wildman–Crippen LogP) is 2.47. The lowest BCUT2D eigenvalue weighted by atomic mass is 9.89. The fourth-order valence-electron chi connectivity index (χ4n) is 4.52. The van der Waals surface area contributed by atoms with Crippen LogP contribution in [0.4, 0.5) is 4.79 Å². The molecule has 10 nitrogen and oxygen atoms in total. The van der Waals surface area contributed by atoms with Gasteiger partial charge in [-0.25, -0.2) is 4.79 Å². The van der Waals surface area contributed by atoms with Gasteiger partial charge in [-0.1, -0.05) is 84.9 Å². The maximum atomic E-state index is 14.4. The van der Waals surface area contributed by atoms with E-state index in [9.17, 15) is 14.4 Å². The van der Waals surface area contributed by atoms with Gasteiger partial charge < -0.3 is 32.3 Å². The van der Waals surface area contributed by atoms with E-state index in [1.165, 1.54) is 0 Å². The van der Waals surface area contributed by atoms with Crippen LogP contribution in [0.1, 0.15) is 41.0 Å². The number of carbonyl (C=O) groups excluding carboxylic acids is 3. The molecule has 0 spiro atoms. The summed E-state index contributed by atoms with van der Waals surface area (Å²) in [6, 6.07) is 24.7. The fraction of sp³-hybridized carbons (Fsp3) is 0.267. The molecule has 10 heteroatoms. The first-order chi connectivity index (χ1) is 19.2. The van der Waals surface area contributed by atoms with Gasteiger partial charge in [0.05, 0.1) is 5.92 Å². The summed E-state index contributed by atoms with van der Waals surface area (Å²) in [5, 5.41) is 10.2. The van der Waals surface area contributed by atoms with Gasteiger partial charge in [-0.15, -0.1) is 0 Å². The number of rotatable bonds is 13. The van der Waals surface area contributed by atoms with E-state index >= 15 is 0 Å². The summed E-state index contributed by atoms with van der Waals surface area (Å²) in [6.07, 6.45) is 0.794. The maximum Gasteiger partial charge on any atom is 0.312 e. The number of hydrogen-bond donors (Lipinski definition) is 5. The summed E-state index contributed by atoms with van der Waals surface area (Å²) >= 11 is 0. The number of nitrogens with one attached hydrogen (secondary N) is 2. The SMILES string of the molecule is CN(CCC[C@H](C(N)=O)N(Cc1ccc(CNC(N)=O)cc1)C(=O)C(c1ccccc1)c1ccccc1)C(=N)N. The molecule has 0 bridgehead atoms. The Bertz CT molecular complexity index is 1240. The van der Waals surface area contributed by atoms with Crippen molar-refractivity contribution in [3.8, 4) is 0 Å². The van der Waals surface area contributed by atoms with Crippen LogP contribution in [0.5, 0.6) is 0 Å². The maximum absolute atomic E-state index is 14.4. The summed E-state index contributed by atoms with van der Waals surface area (Å²) in [7, 11) is 1.69. The Morgan fingerprint density at radius 1 is 0.825 bits per heavy atom. The van der Waals surface area contributed by atoms with Crippen LogP contribution in [-0.2, 0) is 22.7 Å². The van der Waals surface area contributed by atoms with E-state index < -0.39 is 23.9 Å². The number of primary amides is 2. The van der Waals surface area contributed by atoms with Crippen LogP contribution >= 0.6 is 0 Å². The van der Waals surface area contributed by atoms with Gasteiger partial charge in [0.25, 0.3) is 0 Å². The first kappa shape index (κ1) is 29.7. The van der Waals surface area contributed by atoms with Gasteiger partial charge in [0.15, 0.2) is 5.96 Å². The highest BCUT2D eigenvalue weighted by Crippen LogP contribution is 2.29. The number of benzene rings is 3. The molecule has 0 radical (unpaired) electrons. The number of urea groups is 1. The number of nitrogens with two attached hydrogens (primary N) is 3. The summed E-state index contributed by atoms with van der Waals surface area (Å²) in [4.78, 5) is 41.5. The smallest absolute Gasteiger partial charge is 0.312 e. The molecule has 0 heterocycles. The molecule has 0 aromatic heterocycles. The Kier molecular flexibility index (Phi) is 10.6. The average Bonchev–Trinajstić information content (AvgIpc) is 2.94. The van der Waals surface area contributed by atoms with E-state index in [0.29, 0.717) is 19.4 Å². The van der Waals surface area contributed by atoms with Crippen molar-refractivity contribution in [2.75, 3.05) is 13.6 Å². The Morgan fingerprint density at radius 3 is 1.82 bits per heavy atom. The number of hydrogen-bond acceptors (Lipinski definition) is 4. The molecule has 3 aromatic rings. The van der Waals surface area contributed by atoms with Gasteiger partial charge in [0.2, 0.25) is 11.8 Å². The van der Waals surface area contributed by atoms with Gasteiger partial charge in [-0.3, -0.25) is 15.0 Å². The van der Waals surface area contributed by atoms with Gasteiger partial charge in [-0.05, 0) is 35.1 Å². The predicted molar refractivity (Wildman–Crippen MR) is 155 cm³/mol. The third-order valence-corrected chi connectivity index (χ3v) is 6.73. The van der Waals surface area contributed by atoms with Crippen LogP contribution in [0.25, 0.3) is 0 Å². The Hall–Kier alpha value is -4.86. The van der Waals surface area contributed by atoms with E-state index in [4.69, 9.17) is 22.6 Å². The lowest BCUT2D eigenvalue weighted by Crippen LogP contribution is -2.49. The van der Waals surface area contributed by atoms with Crippen LogP contribution < -0.4 is 22.5 Å². The minimum Gasteiger partial charge on any atom is -0.370 e. The number of nitrogens with zero attached hydrogens (tertiary/aromatic N) is 2. The molecule has 0 unspecified atom stereocenters. The number of amides is 4. The molecule has 0 fully saturated rings. The molecule has 0 aliphatic heterocycles. The summed E-state index contributed by atoms with van der Waals surface area (Å²) in [5.74, 6) is -1.59. The number of carbonyl (C=O) groups is 3. The van der Waals surface area contributed by atoms with Crippen molar-refractivity contribution in [1.29, 1.82) is 5.41 Å². The van der Waals surface area contributed by atoms with Crippen molar-refractivity contribution >= 4 is 23.8 Å². The minimum absolute atomic E-state index is 0.0808. The van der Waals surface area contributed by atoms with E-state index in [0.717, 1.165) is 22.3 Å². The second-order valence-electron chi connectivity index (χ2n) is 9.62. The van der Waals surface area contributed by atoms with Crippen LogP contribution in [0.3, 0.4) is 0 Å². The topological polar surface area (TPSA) is 172 Å². The lowest BCUT2D eigenvalue weighted by Gasteiger charge is -2.34. The fourth-order valence-corrected chi connectivity index (χ4v) is 4.52. The first-order valence-electron chi connectivity index (χ1n) is 13.0. The zero-order valence-corrected chi connectivity index (χ0v) is 22.6. The highest BCUT2D eigenvalue weighted by Gasteiger charge is 2.34. The third kappa shape index (κ3) is 8.32. The molecule has 0 aliphatic rings. The molecule has 0 saturated heterocycles.